The molecule has 4 rings (SSSR count). The first-order chi connectivity index (χ1) is 13.4. The largest absolute Gasteiger partial charge is 0.451 e. The second-order valence-electron chi connectivity index (χ2n) is 6.71. The highest BCUT2D eigenvalue weighted by molar-refractivity contribution is 5.62. The van der Waals surface area contributed by atoms with Gasteiger partial charge in [0.1, 0.15) is 5.82 Å². The molecule has 0 radical (unpaired) electrons. The second-order valence-corrected chi connectivity index (χ2v) is 6.71. The van der Waals surface area contributed by atoms with E-state index < -0.39 is 12.0 Å². The molecular weight excluding hydrogens is 372 g/mol. The maximum Gasteiger partial charge on any atom is 0.451 e. The molecule has 0 atom stereocenters. The molecule has 0 aliphatic carbocycles. The predicted molar refractivity (Wildman–Crippen MR) is 94.5 cm³/mol. The Balaban J connectivity index is 1.49. The van der Waals surface area contributed by atoms with E-state index in [1.165, 1.54) is 18.3 Å². The van der Waals surface area contributed by atoms with Crippen LogP contribution in [0.3, 0.4) is 0 Å². The van der Waals surface area contributed by atoms with Crippen molar-refractivity contribution < 1.29 is 17.6 Å². The minimum absolute atomic E-state index is 0.296. The van der Waals surface area contributed by atoms with Crippen LogP contribution in [0.4, 0.5) is 17.6 Å². The quantitative estimate of drug-likeness (QED) is 0.629. The molecule has 0 bridgehead atoms. The van der Waals surface area contributed by atoms with Crippen molar-refractivity contribution in [3.63, 3.8) is 0 Å². The topological polar surface area (TPSA) is 41.9 Å². The van der Waals surface area contributed by atoms with Crippen LogP contribution in [0.2, 0.25) is 0 Å². The van der Waals surface area contributed by atoms with Gasteiger partial charge in [-0.05, 0) is 29.3 Å². The molecule has 1 aromatic carbocycles. The third-order valence-electron chi connectivity index (χ3n) is 4.65. The van der Waals surface area contributed by atoms with Crippen molar-refractivity contribution in [3.05, 3.63) is 77.4 Å². The maximum atomic E-state index is 13.1. The van der Waals surface area contributed by atoms with E-state index in [0.717, 1.165) is 16.7 Å². The summed E-state index contributed by atoms with van der Waals surface area (Å²) in [6.07, 6.45) is 0.648. The van der Waals surface area contributed by atoms with Gasteiger partial charge < -0.3 is 0 Å². The minimum atomic E-state index is -4.53. The Kier molecular flexibility index (Phi) is 4.80. The Morgan fingerprint density at radius 1 is 1.00 bits per heavy atom. The average molecular weight is 388 g/mol. The Morgan fingerprint density at radius 3 is 2.54 bits per heavy atom. The van der Waals surface area contributed by atoms with Gasteiger partial charge in [0.15, 0.2) is 0 Å². The molecule has 0 saturated heterocycles. The van der Waals surface area contributed by atoms with Crippen LogP contribution in [-0.2, 0) is 25.7 Å². The number of hydrogen-bond donors (Lipinski definition) is 0. The molecule has 3 heterocycles. The van der Waals surface area contributed by atoms with Gasteiger partial charge in [-0.2, -0.15) is 13.2 Å². The van der Waals surface area contributed by atoms with E-state index in [2.05, 4.69) is 19.9 Å². The molecule has 0 spiro atoms. The molecule has 144 valence electrons. The average Bonchev–Trinajstić information content (AvgIpc) is 2.67. The van der Waals surface area contributed by atoms with Crippen molar-refractivity contribution in [1.82, 2.24) is 19.9 Å². The van der Waals surface area contributed by atoms with Crippen molar-refractivity contribution in [3.8, 4) is 11.1 Å². The number of halogens is 4. The molecule has 3 aromatic rings. The number of aromatic nitrogens is 3. The highest BCUT2D eigenvalue weighted by Gasteiger charge is 2.35. The zero-order chi connectivity index (χ0) is 19.7. The van der Waals surface area contributed by atoms with E-state index in [1.807, 2.05) is 6.07 Å². The molecule has 8 heteroatoms. The van der Waals surface area contributed by atoms with Crippen LogP contribution in [0.15, 0.2) is 48.9 Å². The third-order valence-corrected chi connectivity index (χ3v) is 4.65. The lowest BCUT2D eigenvalue weighted by Crippen LogP contribution is -2.31. The number of fused-ring (bicyclic) bond motifs is 1. The van der Waals surface area contributed by atoms with Gasteiger partial charge in [-0.15, -0.1) is 0 Å². The smallest absolute Gasteiger partial charge is 0.294 e. The summed E-state index contributed by atoms with van der Waals surface area (Å²) in [6.45, 7) is 1.68. The molecule has 0 fully saturated rings. The number of hydrogen-bond acceptors (Lipinski definition) is 4. The van der Waals surface area contributed by atoms with Crippen LogP contribution in [0.1, 0.15) is 22.6 Å². The van der Waals surface area contributed by atoms with Crippen LogP contribution in [0, 0.1) is 5.82 Å². The van der Waals surface area contributed by atoms with Gasteiger partial charge in [0, 0.05) is 55.8 Å². The van der Waals surface area contributed by atoms with Crippen molar-refractivity contribution in [2.45, 2.75) is 25.7 Å². The van der Waals surface area contributed by atoms with Crippen molar-refractivity contribution in [2.75, 3.05) is 6.54 Å². The lowest BCUT2D eigenvalue weighted by molar-refractivity contribution is -0.145. The second kappa shape index (κ2) is 7.27. The number of benzene rings is 1. The third kappa shape index (κ3) is 4.01. The number of pyridine rings is 1. The van der Waals surface area contributed by atoms with Crippen molar-refractivity contribution in [1.29, 1.82) is 0 Å². The summed E-state index contributed by atoms with van der Waals surface area (Å²) in [5.74, 6) is -1.38. The molecule has 1 aliphatic rings. The van der Waals surface area contributed by atoms with Crippen LogP contribution in [-0.4, -0.2) is 26.4 Å². The highest BCUT2D eigenvalue weighted by atomic mass is 19.4. The first-order valence-corrected chi connectivity index (χ1v) is 8.73. The molecule has 0 unspecified atom stereocenters. The van der Waals surface area contributed by atoms with Crippen molar-refractivity contribution in [2.24, 2.45) is 0 Å². The van der Waals surface area contributed by atoms with Gasteiger partial charge in [0.25, 0.3) is 0 Å². The highest BCUT2D eigenvalue weighted by Crippen LogP contribution is 2.28. The SMILES string of the molecule is Fc1ccc(-c2cncc(CN3CCc4nc(C(F)(F)F)ncc4C3)c2)cc1. The summed E-state index contributed by atoms with van der Waals surface area (Å²) in [5.41, 5.74) is 3.89. The standard InChI is InChI=1S/C20H16F4N4/c21-17-3-1-14(2-4-17)15-7-13(8-25-9-15)11-28-6-5-18-16(12-28)10-26-19(27-18)20(22,23)24/h1-4,7-10H,5-6,11-12H2. The van der Waals surface area contributed by atoms with Gasteiger partial charge in [-0.1, -0.05) is 12.1 Å². The van der Waals surface area contributed by atoms with Gasteiger partial charge in [0.05, 0.1) is 5.69 Å². The molecule has 0 N–H and O–H groups in total. The van der Waals surface area contributed by atoms with E-state index >= 15 is 0 Å². The molecule has 0 amide bonds. The first kappa shape index (κ1) is 18.5. The van der Waals surface area contributed by atoms with Gasteiger partial charge in [-0.3, -0.25) is 9.88 Å². The van der Waals surface area contributed by atoms with E-state index in [0.29, 0.717) is 37.3 Å². The first-order valence-electron chi connectivity index (χ1n) is 8.73. The molecule has 1 aliphatic heterocycles. The maximum absolute atomic E-state index is 13.1. The summed E-state index contributed by atoms with van der Waals surface area (Å²) >= 11 is 0. The monoisotopic (exact) mass is 388 g/mol. The predicted octanol–water partition coefficient (Wildman–Crippen LogP) is 4.25. The molecular formula is C20H16F4N4. The molecule has 0 saturated carbocycles. The van der Waals surface area contributed by atoms with Crippen LogP contribution >= 0.6 is 0 Å². The Hall–Kier alpha value is -2.87. The summed E-state index contributed by atoms with van der Waals surface area (Å²) in [5, 5.41) is 0. The van der Waals surface area contributed by atoms with Crippen LogP contribution in [0.25, 0.3) is 11.1 Å². The summed E-state index contributed by atoms with van der Waals surface area (Å²) in [7, 11) is 0. The van der Waals surface area contributed by atoms with Crippen molar-refractivity contribution >= 4 is 0 Å². The van der Waals surface area contributed by atoms with Crippen LogP contribution < -0.4 is 0 Å². The van der Waals surface area contributed by atoms with E-state index in [1.54, 1.807) is 24.5 Å². The lowest BCUT2D eigenvalue weighted by Gasteiger charge is -2.28. The van der Waals surface area contributed by atoms with Gasteiger partial charge in [0.2, 0.25) is 5.82 Å². The summed E-state index contributed by atoms with van der Waals surface area (Å²) < 4.78 is 51.4. The Labute approximate surface area is 158 Å². The fourth-order valence-corrected chi connectivity index (χ4v) is 3.28. The summed E-state index contributed by atoms with van der Waals surface area (Å²) in [6, 6.07) is 8.18. The normalized spacial score (nSPS) is 14.7. The summed E-state index contributed by atoms with van der Waals surface area (Å²) in [4.78, 5) is 13.5. The fraction of sp³-hybridized carbons (Fsp3) is 0.250. The van der Waals surface area contributed by atoms with Crippen LogP contribution in [0.5, 0.6) is 0 Å². The number of rotatable bonds is 3. The molecule has 28 heavy (non-hydrogen) atoms. The number of alkyl halides is 3. The fourth-order valence-electron chi connectivity index (χ4n) is 3.28. The molecule has 2 aromatic heterocycles. The Morgan fingerprint density at radius 2 is 1.79 bits per heavy atom. The van der Waals surface area contributed by atoms with Gasteiger partial charge >= 0.3 is 6.18 Å². The van der Waals surface area contributed by atoms with Gasteiger partial charge in [-0.25, -0.2) is 14.4 Å². The molecule has 4 nitrogen and oxygen atoms in total. The lowest BCUT2D eigenvalue weighted by atomic mass is 10.0. The zero-order valence-corrected chi connectivity index (χ0v) is 14.7. The zero-order valence-electron chi connectivity index (χ0n) is 14.7. The van der Waals surface area contributed by atoms with E-state index in [9.17, 15) is 17.6 Å². The van der Waals surface area contributed by atoms with E-state index in [-0.39, 0.29) is 5.82 Å². The number of nitrogens with zero attached hydrogens (tertiary/aromatic N) is 4. The van der Waals surface area contributed by atoms with E-state index in [4.69, 9.17) is 0 Å². The Bertz CT molecular complexity index is 986. The minimum Gasteiger partial charge on any atom is -0.294 e.